The van der Waals surface area contributed by atoms with E-state index in [4.69, 9.17) is 0 Å². The van der Waals surface area contributed by atoms with Crippen LogP contribution in [0.1, 0.15) is 13.0 Å². The molecular formula is C20H18FN2O+. The zero-order chi connectivity index (χ0) is 16.9. The molecular weight excluding hydrogens is 303 g/mol. The van der Waals surface area contributed by atoms with Crippen molar-refractivity contribution in [3.63, 3.8) is 0 Å². The van der Waals surface area contributed by atoms with Gasteiger partial charge in [0, 0.05) is 18.6 Å². The maximum absolute atomic E-state index is 13.7. The Bertz CT molecular complexity index is 849. The van der Waals surface area contributed by atoms with Crippen LogP contribution in [0.3, 0.4) is 0 Å². The minimum absolute atomic E-state index is 0.189. The number of hydrogen-bond donors (Lipinski definition) is 1. The Balaban J connectivity index is 1.81. The van der Waals surface area contributed by atoms with E-state index >= 15 is 0 Å². The van der Waals surface area contributed by atoms with E-state index in [1.54, 1.807) is 25.1 Å². The maximum atomic E-state index is 13.7. The molecule has 1 heterocycles. The van der Waals surface area contributed by atoms with Crippen LogP contribution in [0.2, 0.25) is 0 Å². The smallest absolute Gasteiger partial charge is 0.293 e. The molecule has 0 radical (unpaired) electrons. The van der Waals surface area contributed by atoms with Gasteiger partial charge in [-0.2, -0.15) is 4.57 Å². The van der Waals surface area contributed by atoms with Gasteiger partial charge in [-0.05, 0) is 23.8 Å². The van der Waals surface area contributed by atoms with Crippen LogP contribution in [0.4, 0.5) is 10.1 Å². The van der Waals surface area contributed by atoms with Crippen molar-refractivity contribution in [1.82, 2.24) is 0 Å². The molecule has 24 heavy (non-hydrogen) atoms. The van der Waals surface area contributed by atoms with Crippen LogP contribution in [0.15, 0.2) is 79.1 Å². The Morgan fingerprint density at radius 2 is 1.62 bits per heavy atom. The first-order valence-electron chi connectivity index (χ1n) is 7.77. The zero-order valence-corrected chi connectivity index (χ0v) is 13.3. The lowest BCUT2D eigenvalue weighted by molar-refractivity contribution is -0.705. The third-order valence-corrected chi connectivity index (χ3v) is 3.89. The van der Waals surface area contributed by atoms with Gasteiger partial charge in [0.25, 0.3) is 5.91 Å². The van der Waals surface area contributed by atoms with Crippen molar-refractivity contribution in [1.29, 1.82) is 0 Å². The lowest BCUT2D eigenvalue weighted by atomic mass is 10.1. The van der Waals surface area contributed by atoms with Gasteiger partial charge in [-0.15, -0.1) is 0 Å². The Kier molecular flexibility index (Phi) is 4.66. The monoisotopic (exact) mass is 321 g/mol. The highest BCUT2D eigenvalue weighted by Gasteiger charge is 2.23. The molecule has 3 aromatic rings. The quantitative estimate of drug-likeness (QED) is 0.725. The van der Waals surface area contributed by atoms with E-state index in [0.717, 1.165) is 11.1 Å². The Hall–Kier alpha value is -3.01. The molecule has 1 N–H and O–H groups in total. The number of amides is 1. The van der Waals surface area contributed by atoms with Gasteiger partial charge in [-0.3, -0.25) is 4.79 Å². The van der Waals surface area contributed by atoms with Crippen LogP contribution in [0, 0.1) is 5.82 Å². The number of nitrogens with one attached hydrogen (secondary N) is 1. The lowest BCUT2D eigenvalue weighted by Crippen LogP contribution is -2.44. The highest BCUT2D eigenvalue weighted by Crippen LogP contribution is 2.17. The topological polar surface area (TPSA) is 33.0 Å². The lowest BCUT2D eigenvalue weighted by Gasteiger charge is -2.10. The summed E-state index contributed by atoms with van der Waals surface area (Å²) in [5.74, 6) is -0.712. The number of para-hydroxylation sites is 1. The average molecular weight is 321 g/mol. The van der Waals surface area contributed by atoms with E-state index < -0.39 is 11.9 Å². The Morgan fingerprint density at radius 1 is 0.958 bits per heavy atom. The standard InChI is InChI=1S/C20H17FN2O/c1-15(20(24)22-19-12-6-5-11-18(19)21)23-13-7-10-17(14-23)16-8-3-2-4-9-16/h2-15H,1H3/p+1/t15-/m0/s1. The molecule has 1 amide bonds. The van der Waals surface area contributed by atoms with E-state index in [0.29, 0.717) is 0 Å². The first-order chi connectivity index (χ1) is 11.6. The van der Waals surface area contributed by atoms with Crippen molar-refractivity contribution >= 4 is 11.6 Å². The zero-order valence-electron chi connectivity index (χ0n) is 13.3. The Labute approximate surface area is 140 Å². The van der Waals surface area contributed by atoms with Crippen LogP contribution in [0.5, 0.6) is 0 Å². The number of benzene rings is 2. The van der Waals surface area contributed by atoms with Gasteiger partial charge in [0.1, 0.15) is 5.82 Å². The van der Waals surface area contributed by atoms with Gasteiger partial charge < -0.3 is 5.32 Å². The number of rotatable bonds is 4. The second kappa shape index (κ2) is 7.04. The Morgan fingerprint density at radius 3 is 2.38 bits per heavy atom. The molecule has 3 nitrogen and oxygen atoms in total. The predicted molar refractivity (Wildman–Crippen MR) is 91.8 cm³/mol. The van der Waals surface area contributed by atoms with Gasteiger partial charge >= 0.3 is 0 Å². The summed E-state index contributed by atoms with van der Waals surface area (Å²) in [5, 5.41) is 2.63. The fourth-order valence-electron chi connectivity index (χ4n) is 2.47. The minimum Gasteiger partial charge on any atom is -0.318 e. The van der Waals surface area contributed by atoms with Crippen molar-refractivity contribution in [3.05, 3.63) is 84.9 Å². The number of anilines is 1. The summed E-state index contributed by atoms with van der Waals surface area (Å²) in [5.41, 5.74) is 2.28. The van der Waals surface area contributed by atoms with Gasteiger partial charge in [0.15, 0.2) is 12.4 Å². The van der Waals surface area contributed by atoms with Crippen molar-refractivity contribution < 1.29 is 13.8 Å². The molecule has 120 valence electrons. The fraction of sp³-hybridized carbons (Fsp3) is 0.100. The first kappa shape index (κ1) is 15.9. The number of nitrogens with zero attached hydrogens (tertiary/aromatic N) is 1. The van der Waals surface area contributed by atoms with Gasteiger partial charge in [-0.1, -0.05) is 42.5 Å². The number of halogens is 1. The maximum Gasteiger partial charge on any atom is 0.293 e. The summed E-state index contributed by atoms with van der Waals surface area (Å²) in [4.78, 5) is 12.4. The number of aromatic nitrogens is 1. The van der Waals surface area contributed by atoms with Crippen LogP contribution in [-0.4, -0.2) is 5.91 Å². The molecule has 0 bridgehead atoms. The molecule has 4 heteroatoms. The fourth-order valence-corrected chi connectivity index (χ4v) is 2.47. The molecule has 1 atom stereocenters. The summed E-state index contributed by atoms with van der Waals surface area (Å²) >= 11 is 0. The van der Waals surface area contributed by atoms with Crippen LogP contribution in [-0.2, 0) is 4.79 Å². The highest BCUT2D eigenvalue weighted by molar-refractivity contribution is 5.92. The summed E-state index contributed by atoms with van der Waals surface area (Å²) in [6, 6.07) is 19.5. The van der Waals surface area contributed by atoms with Crippen molar-refractivity contribution in [2.24, 2.45) is 0 Å². The third-order valence-electron chi connectivity index (χ3n) is 3.89. The van der Waals surface area contributed by atoms with Crippen molar-refractivity contribution in [2.45, 2.75) is 13.0 Å². The third kappa shape index (κ3) is 3.49. The molecule has 0 fully saturated rings. The van der Waals surface area contributed by atoms with Crippen molar-refractivity contribution in [2.75, 3.05) is 5.32 Å². The van der Waals surface area contributed by atoms with E-state index in [2.05, 4.69) is 5.32 Å². The first-order valence-corrected chi connectivity index (χ1v) is 7.77. The molecule has 0 aliphatic heterocycles. The van der Waals surface area contributed by atoms with Crippen molar-refractivity contribution in [3.8, 4) is 11.1 Å². The average Bonchev–Trinajstić information content (AvgIpc) is 2.64. The summed E-state index contributed by atoms with van der Waals surface area (Å²) < 4.78 is 15.5. The van der Waals surface area contributed by atoms with Gasteiger partial charge in [0.2, 0.25) is 6.04 Å². The number of hydrogen-bond acceptors (Lipinski definition) is 1. The molecule has 0 aliphatic rings. The van der Waals surface area contributed by atoms with Crippen LogP contribution >= 0.6 is 0 Å². The molecule has 0 saturated heterocycles. The number of carbonyl (C=O) groups is 1. The second-order valence-electron chi connectivity index (χ2n) is 5.55. The summed E-state index contributed by atoms with van der Waals surface area (Å²) in [7, 11) is 0. The molecule has 2 aromatic carbocycles. The van der Waals surface area contributed by atoms with E-state index in [-0.39, 0.29) is 11.6 Å². The SMILES string of the molecule is C[C@@H](C(=O)Nc1ccccc1F)[n+]1cccc(-c2ccccc2)c1. The largest absolute Gasteiger partial charge is 0.318 e. The molecule has 0 unspecified atom stereocenters. The van der Waals surface area contributed by atoms with Gasteiger partial charge in [0.05, 0.1) is 5.69 Å². The van der Waals surface area contributed by atoms with Gasteiger partial charge in [-0.25, -0.2) is 4.39 Å². The summed E-state index contributed by atoms with van der Waals surface area (Å²) in [6.07, 6.45) is 3.75. The minimum atomic E-state index is -0.465. The normalized spacial score (nSPS) is 11.8. The van der Waals surface area contributed by atoms with Crippen LogP contribution in [0.25, 0.3) is 11.1 Å². The molecule has 1 aromatic heterocycles. The molecule has 0 aliphatic carbocycles. The number of carbonyl (C=O) groups excluding carboxylic acids is 1. The molecule has 0 saturated carbocycles. The number of pyridine rings is 1. The van der Waals surface area contributed by atoms with E-state index in [1.807, 2.05) is 59.4 Å². The van der Waals surface area contributed by atoms with Crippen LogP contribution < -0.4 is 9.88 Å². The summed E-state index contributed by atoms with van der Waals surface area (Å²) in [6.45, 7) is 1.78. The molecule has 0 spiro atoms. The second-order valence-corrected chi connectivity index (χ2v) is 5.55. The highest BCUT2D eigenvalue weighted by atomic mass is 19.1. The van der Waals surface area contributed by atoms with E-state index in [1.165, 1.54) is 6.07 Å². The molecule has 3 rings (SSSR count). The van der Waals surface area contributed by atoms with E-state index in [9.17, 15) is 9.18 Å². The predicted octanol–water partition coefficient (Wildman–Crippen LogP) is 3.98.